The number of aliphatic carboxylic acids is 1. The number of hydrogen-bond donors (Lipinski definition) is 2. The summed E-state index contributed by atoms with van der Waals surface area (Å²) in [6.45, 7) is 2.02. The number of hydrogen-bond acceptors (Lipinski definition) is 5. The molecule has 0 bridgehead atoms. The lowest BCUT2D eigenvalue weighted by molar-refractivity contribution is -0.143. The van der Waals surface area contributed by atoms with Crippen LogP contribution < -0.4 is 4.90 Å². The number of imidazole rings is 1. The van der Waals surface area contributed by atoms with Gasteiger partial charge in [-0.2, -0.15) is 0 Å². The van der Waals surface area contributed by atoms with Crippen LogP contribution in [0.3, 0.4) is 0 Å². The van der Waals surface area contributed by atoms with E-state index in [9.17, 15) is 19.8 Å². The molecule has 0 radical (unpaired) electrons. The van der Waals surface area contributed by atoms with Crippen LogP contribution >= 0.6 is 0 Å². The summed E-state index contributed by atoms with van der Waals surface area (Å²) in [7, 11) is 1.40. The Bertz CT molecular complexity index is 1260. The number of fused-ring (bicyclic) bond motifs is 3. The molecule has 0 spiro atoms. The molecule has 2 aromatic carbocycles. The molecule has 2 heterocycles. The van der Waals surface area contributed by atoms with Gasteiger partial charge in [-0.15, -0.1) is 0 Å². The van der Waals surface area contributed by atoms with Gasteiger partial charge in [0.15, 0.2) is 0 Å². The number of aryl methyl sites for hydroxylation is 1. The number of ether oxygens (including phenoxy) is 1. The van der Waals surface area contributed by atoms with E-state index in [1.165, 1.54) is 7.11 Å². The molecule has 1 aliphatic heterocycles. The fourth-order valence-electron chi connectivity index (χ4n) is 5.92. The normalized spacial score (nSPS) is 22.8. The van der Waals surface area contributed by atoms with Crippen LogP contribution in [-0.2, 0) is 22.4 Å². The van der Waals surface area contributed by atoms with Gasteiger partial charge in [-0.05, 0) is 63.1 Å². The van der Waals surface area contributed by atoms with Crippen molar-refractivity contribution in [2.75, 3.05) is 12.0 Å². The zero-order valence-electron chi connectivity index (χ0n) is 20.8. The number of aliphatic hydroxyl groups is 1. The third-order valence-corrected chi connectivity index (χ3v) is 7.87. The summed E-state index contributed by atoms with van der Waals surface area (Å²) in [5, 5.41) is 20.5. The van der Waals surface area contributed by atoms with Crippen molar-refractivity contribution in [2.24, 2.45) is 5.92 Å². The highest BCUT2D eigenvalue weighted by Crippen LogP contribution is 2.41. The standard InChI is InChI=1S/C28H33N3O5/c1-17-8-13-21-22(30(17)28(35)36-2)14-15-23-26(21)29-25(16-24(32)18-6-4-3-5-7-18)31(23)20-11-9-19(10-12-20)27(33)34/h3-7,14-15,17,19-20,24,32H,8-13,16H2,1-2H3,(H,33,34)/t17-,19?,20?,24+/m0/s1. The van der Waals surface area contributed by atoms with Crippen LogP contribution in [0.25, 0.3) is 11.0 Å². The van der Waals surface area contributed by atoms with E-state index < -0.39 is 12.1 Å². The molecule has 1 amide bonds. The number of carboxylic acid groups (broad SMARTS) is 1. The maximum absolute atomic E-state index is 12.6. The summed E-state index contributed by atoms with van der Waals surface area (Å²) in [6.07, 6.45) is 3.61. The van der Waals surface area contributed by atoms with E-state index in [0.717, 1.165) is 59.4 Å². The van der Waals surface area contributed by atoms with Crippen molar-refractivity contribution in [3.05, 3.63) is 59.4 Å². The number of benzene rings is 2. The summed E-state index contributed by atoms with van der Waals surface area (Å²) in [5.41, 5.74) is 4.50. The largest absolute Gasteiger partial charge is 0.481 e. The van der Waals surface area contributed by atoms with Crippen molar-refractivity contribution in [3.63, 3.8) is 0 Å². The van der Waals surface area contributed by atoms with E-state index >= 15 is 0 Å². The SMILES string of the molecule is COC(=O)N1c2ccc3c(nc(C[C@@H](O)c4ccccc4)n3C3CCC(C(=O)O)CC3)c2CC[C@@H]1C. The van der Waals surface area contributed by atoms with Crippen LogP contribution in [-0.4, -0.2) is 45.0 Å². The Labute approximate surface area is 210 Å². The van der Waals surface area contributed by atoms with Crippen LogP contribution in [0.15, 0.2) is 42.5 Å². The first kappa shape index (κ1) is 24.3. The summed E-state index contributed by atoms with van der Waals surface area (Å²) >= 11 is 0. The number of methoxy groups -OCH3 is 1. The predicted molar refractivity (Wildman–Crippen MR) is 136 cm³/mol. The molecule has 0 unspecified atom stereocenters. The lowest BCUT2D eigenvalue weighted by Crippen LogP contribution is -2.42. The zero-order chi connectivity index (χ0) is 25.4. The molecule has 3 aromatic rings. The topological polar surface area (TPSA) is 105 Å². The molecular weight excluding hydrogens is 458 g/mol. The van der Waals surface area contributed by atoms with Crippen LogP contribution in [0.5, 0.6) is 0 Å². The lowest BCUT2D eigenvalue weighted by Gasteiger charge is -2.34. The fourth-order valence-corrected chi connectivity index (χ4v) is 5.92. The monoisotopic (exact) mass is 491 g/mol. The van der Waals surface area contributed by atoms with Crippen molar-refractivity contribution in [1.29, 1.82) is 0 Å². The Morgan fingerprint density at radius 1 is 1.08 bits per heavy atom. The number of rotatable bonds is 5. The molecule has 1 aromatic heterocycles. The molecule has 8 heteroatoms. The molecule has 8 nitrogen and oxygen atoms in total. The number of carboxylic acids is 1. The Morgan fingerprint density at radius 2 is 1.81 bits per heavy atom. The van der Waals surface area contributed by atoms with Gasteiger partial charge < -0.3 is 19.5 Å². The average molecular weight is 492 g/mol. The Kier molecular flexibility index (Phi) is 6.71. The van der Waals surface area contributed by atoms with Crippen LogP contribution in [0.2, 0.25) is 0 Å². The molecular formula is C28H33N3O5. The Balaban J connectivity index is 1.59. The summed E-state index contributed by atoms with van der Waals surface area (Å²) < 4.78 is 7.29. The number of amides is 1. The number of nitrogens with zero attached hydrogens (tertiary/aromatic N) is 3. The maximum atomic E-state index is 12.6. The second kappa shape index (κ2) is 9.93. The van der Waals surface area contributed by atoms with Crippen molar-refractivity contribution in [2.45, 2.75) is 70.1 Å². The van der Waals surface area contributed by atoms with Gasteiger partial charge in [-0.25, -0.2) is 9.78 Å². The minimum atomic E-state index is -0.727. The first-order valence-corrected chi connectivity index (χ1v) is 12.7. The van der Waals surface area contributed by atoms with E-state index in [4.69, 9.17) is 9.72 Å². The molecule has 2 aliphatic rings. The summed E-state index contributed by atoms with van der Waals surface area (Å²) in [6, 6.07) is 13.7. The van der Waals surface area contributed by atoms with Crippen molar-refractivity contribution < 1.29 is 24.5 Å². The predicted octanol–water partition coefficient (Wildman–Crippen LogP) is 5.04. The highest BCUT2D eigenvalue weighted by molar-refractivity contribution is 5.95. The maximum Gasteiger partial charge on any atom is 0.414 e. The molecule has 2 N–H and O–H groups in total. The molecule has 190 valence electrons. The van der Waals surface area contributed by atoms with Gasteiger partial charge in [0.1, 0.15) is 5.82 Å². The number of anilines is 1. The molecule has 1 aliphatic carbocycles. The van der Waals surface area contributed by atoms with Gasteiger partial charge in [0.25, 0.3) is 0 Å². The average Bonchev–Trinajstić information content (AvgIpc) is 3.26. The van der Waals surface area contributed by atoms with Crippen LogP contribution in [0, 0.1) is 5.92 Å². The van der Waals surface area contributed by atoms with Gasteiger partial charge in [-0.3, -0.25) is 9.69 Å². The number of carbonyl (C=O) groups excluding carboxylic acids is 1. The van der Waals surface area contributed by atoms with E-state index in [0.29, 0.717) is 19.3 Å². The summed E-state index contributed by atoms with van der Waals surface area (Å²) in [4.78, 5) is 30.9. The summed E-state index contributed by atoms with van der Waals surface area (Å²) in [5.74, 6) is -0.247. The smallest absolute Gasteiger partial charge is 0.414 e. The minimum Gasteiger partial charge on any atom is -0.481 e. The van der Waals surface area contributed by atoms with Crippen molar-refractivity contribution in [1.82, 2.24) is 9.55 Å². The van der Waals surface area contributed by atoms with Gasteiger partial charge in [0.05, 0.1) is 35.9 Å². The van der Waals surface area contributed by atoms with Crippen LogP contribution in [0.4, 0.5) is 10.5 Å². The third kappa shape index (κ3) is 4.34. The molecule has 2 atom stereocenters. The Morgan fingerprint density at radius 3 is 2.47 bits per heavy atom. The molecule has 1 fully saturated rings. The Hall–Kier alpha value is -3.39. The first-order chi connectivity index (χ1) is 17.4. The zero-order valence-corrected chi connectivity index (χ0v) is 20.8. The van der Waals surface area contributed by atoms with Gasteiger partial charge in [-0.1, -0.05) is 30.3 Å². The van der Waals surface area contributed by atoms with E-state index in [-0.39, 0.29) is 24.1 Å². The molecule has 5 rings (SSSR count). The van der Waals surface area contributed by atoms with Crippen molar-refractivity contribution in [3.8, 4) is 0 Å². The third-order valence-electron chi connectivity index (χ3n) is 7.87. The highest BCUT2D eigenvalue weighted by atomic mass is 16.5. The lowest BCUT2D eigenvalue weighted by atomic mass is 9.85. The minimum absolute atomic E-state index is 0.0233. The number of aliphatic hydroxyl groups excluding tert-OH is 1. The first-order valence-electron chi connectivity index (χ1n) is 12.7. The molecule has 36 heavy (non-hydrogen) atoms. The van der Waals surface area contributed by atoms with E-state index in [1.807, 2.05) is 49.4 Å². The van der Waals surface area contributed by atoms with Crippen LogP contribution in [0.1, 0.15) is 68.1 Å². The highest BCUT2D eigenvalue weighted by Gasteiger charge is 2.34. The second-order valence-corrected chi connectivity index (χ2v) is 10.0. The fraction of sp³-hybridized carbons (Fsp3) is 0.464. The van der Waals surface area contributed by atoms with Gasteiger partial charge >= 0.3 is 12.1 Å². The number of aromatic nitrogens is 2. The molecule has 1 saturated carbocycles. The van der Waals surface area contributed by atoms with Gasteiger partial charge in [0.2, 0.25) is 0 Å². The molecule has 0 saturated heterocycles. The van der Waals surface area contributed by atoms with Gasteiger partial charge in [0, 0.05) is 24.1 Å². The quantitative estimate of drug-likeness (QED) is 0.518. The van der Waals surface area contributed by atoms with E-state index in [1.54, 1.807) is 4.90 Å². The van der Waals surface area contributed by atoms with Crippen molar-refractivity contribution >= 4 is 28.8 Å². The van der Waals surface area contributed by atoms with E-state index in [2.05, 4.69) is 4.57 Å². The second-order valence-electron chi connectivity index (χ2n) is 10.0. The number of carbonyl (C=O) groups is 2.